The largest absolute Gasteiger partial charge is 0.294 e. The zero-order valence-electron chi connectivity index (χ0n) is 26.7. The van der Waals surface area contributed by atoms with Crippen LogP contribution in [0, 0.1) is 0 Å². The summed E-state index contributed by atoms with van der Waals surface area (Å²) in [6.45, 7) is 6.68. The van der Waals surface area contributed by atoms with Gasteiger partial charge in [0.25, 0.3) is 0 Å². The van der Waals surface area contributed by atoms with Crippen molar-refractivity contribution in [2.45, 2.75) is 32.9 Å². The van der Waals surface area contributed by atoms with Gasteiger partial charge in [-0.05, 0) is 60.0 Å². The summed E-state index contributed by atoms with van der Waals surface area (Å²) in [6.07, 6.45) is 1.91. The van der Waals surface area contributed by atoms with Gasteiger partial charge in [0.1, 0.15) is 13.9 Å². The number of para-hydroxylation sites is 3. The fraction of sp³-hybridized carbons (Fsp3) is 0.171. The molecule has 5 nitrogen and oxygen atoms in total. The van der Waals surface area contributed by atoms with Gasteiger partial charge in [-0.15, -0.1) is 4.94 Å². The van der Waals surface area contributed by atoms with Crippen molar-refractivity contribution in [3.05, 3.63) is 115 Å². The van der Waals surface area contributed by atoms with Crippen molar-refractivity contribution in [1.29, 1.82) is 0 Å². The number of rotatable bonds is 5. The molecule has 0 unspecified atom stereocenters. The van der Waals surface area contributed by atoms with Crippen molar-refractivity contribution in [1.82, 2.24) is 9.55 Å². The first-order chi connectivity index (χ1) is 21.0. The summed E-state index contributed by atoms with van der Waals surface area (Å²) in [6, 6.07) is 35.3. The lowest BCUT2D eigenvalue weighted by Crippen LogP contribution is -2.52. The third-order valence-electron chi connectivity index (χ3n) is 8.35. The van der Waals surface area contributed by atoms with Crippen LogP contribution >= 0.6 is 0 Å². The van der Waals surface area contributed by atoms with E-state index in [1.54, 1.807) is 11.1 Å². The van der Waals surface area contributed by atoms with Crippen molar-refractivity contribution < 1.29 is 9.05 Å². The van der Waals surface area contributed by atoms with Crippen LogP contribution in [-0.4, -0.2) is 24.6 Å². The fourth-order valence-corrected chi connectivity index (χ4v) is 8.23. The molecule has 4 aromatic carbocycles. The smallest absolute Gasteiger partial charge is 0.137 e. The topological polar surface area (TPSA) is 33.5 Å². The van der Waals surface area contributed by atoms with Gasteiger partial charge in [0.2, 0.25) is 0 Å². The van der Waals surface area contributed by atoms with E-state index in [4.69, 9.17) is 14.0 Å². The van der Waals surface area contributed by atoms with Crippen LogP contribution in [0.1, 0.15) is 29.4 Å². The predicted octanol–water partition coefficient (Wildman–Crippen LogP) is 7.56. The minimum absolute atomic E-state index is 0.400. The molecule has 1 aliphatic heterocycles. The molecular formula is C35H34N4OSi. The van der Waals surface area contributed by atoms with Gasteiger partial charge in [-0.3, -0.25) is 4.57 Å². The standard InChI is InChI=1S/C35H34N4OSi/c1-24(2)25-19-20-36-35(21-25)38-31-14-7-6-13-29(31)30-18-17-28(23-34(30)38)41(4,5)27-12-10-11-26(22-27)39-33-16-9-8-15-32(33)37(3)40-39/h6-24H,1-5H3/i3D3. The second-order valence-electron chi connectivity index (χ2n) is 11.5. The van der Waals surface area contributed by atoms with Crippen LogP contribution in [0.15, 0.2) is 109 Å². The van der Waals surface area contributed by atoms with Crippen molar-refractivity contribution in [2.24, 2.45) is 0 Å². The van der Waals surface area contributed by atoms with Gasteiger partial charge in [-0.2, -0.15) is 5.06 Å². The van der Waals surface area contributed by atoms with Crippen molar-refractivity contribution >= 4 is 57.3 Å². The highest BCUT2D eigenvalue weighted by Crippen LogP contribution is 2.40. The summed E-state index contributed by atoms with van der Waals surface area (Å²) in [7, 11) is -2.24. The van der Waals surface area contributed by atoms with Crippen LogP contribution in [0.5, 0.6) is 0 Å². The quantitative estimate of drug-likeness (QED) is 0.205. The first-order valence-corrected chi connectivity index (χ1v) is 17.0. The number of aromatic nitrogens is 2. The normalized spacial score (nSPS) is 14.9. The van der Waals surface area contributed by atoms with Crippen molar-refractivity contribution in [3.8, 4) is 5.82 Å². The Labute approximate surface area is 246 Å². The molecule has 41 heavy (non-hydrogen) atoms. The summed E-state index contributed by atoms with van der Waals surface area (Å²) in [5.74, 6) is 1.32. The SMILES string of the molecule is [2H]C([2H])([2H])N1ON(c2cccc([Si](C)(C)c3ccc4c5ccccc5n(-c5cc(C(C)C)ccn5)c4c3)c2)c2ccccc21. The Bertz CT molecular complexity index is 2030. The molecule has 0 amide bonds. The van der Waals surface area contributed by atoms with Crippen LogP contribution in [-0.2, 0) is 4.94 Å². The highest BCUT2D eigenvalue weighted by molar-refractivity contribution is 7.00. The molecule has 0 atom stereocenters. The van der Waals surface area contributed by atoms with Gasteiger partial charge in [-0.25, -0.2) is 10.0 Å². The molecule has 0 aliphatic carbocycles. The van der Waals surface area contributed by atoms with E-state index >= 15 is 0 Å². The van der Waals surface area contributed by atoms with Gasteiger partial charge < -0.3 is 0 Å². The molecule has 0 saturated carbocycles. The lowest BCUT2D eigenvalue weighted by Gasteiger charge is -2.26. The molecule has 0 saturated heterocycles. The Morgan fingerprint density at radius 3 is 2.34 bits per heavy atom. The molecule has 6 aromatic rings. The molecule has 0 bridgehead atoms. The maximum Gasteiger partial charge on any atom is 0.137 e. The number of benzene rings is 4. The van der Waals surface area contributed by atoms with Crippen LogP contribution in [0.2, 0.25) is 13.1 Å². The number of hydroxylamine groups is 1. The molecule has 0 radical (unpaired) electrons. The van der Waals surface area contributed by atoms with Crippen LogP contribution in [0.25, 0.3) is 27.6 Å². The summed E-state index contributed by atoms with van der Waals surface area (Å²) < 4.78 is 26.3. The van der Waals surface area contributed by atoms with Gasteiger partial charge in [-0.1, -0.05) is 91.9 Å². The maximum absolute atomic E-state index is 7.99. The molecule has 1 aliphatic rings. The highest BCUT2D eigenvalue weighted by Gasteiger charge is 2.30. The summed E-state index contributed by atoms with van der Waals surface area (Å²) >= 11 is 0. The number of fused-ring (bicyclic) bond motifs is 4. The first kappa shape index (κ1) is 22.3. The Morgan fingerprint density at radius 1 is 0.756 bits per heavy atom. The zero-order valence-corrected chi connectivity index (χ0v) is 24.7. The predicted molar refractivity (Wildman–Crippen MR) is 174 cm³/mol. The van der Waals surface area contributed by atoms with E-state index in [0.29, 0.717) is 17.3 Å². The molecular weight excluding hydrogens is 520 g/mol. The molecule has 7 rings (SSSR count). The average molecular weight is 558 g/mol. The number of nitrogens with zero attached hydrogens (tertiary/aromatic N) is 4. The van der Waals surface area contributed by atoms with E-state index < -0.39 is 15.0 Å². The zero-order chi connectivity index (χ0) is 30.8. The van der Waals surface area contributed by atoms with Crippen molar-refractivity contribution in [2.75, 3.05) is 17.1 Å². The van der Waals surface area contributed by atoms with E-state index in [-0.39, 0.29) is 0 Å². The maximum atomic E-state index is 7.99. The third kappa shape index (κ3) is 4.14. The Balaban J connectivity index is 1.34. The van der Waals surface area contributed by atoms with E-state index in [1.807, 2.05) is 36.5 Å². The fourth-order valence-electron chi connectivity index (χ4n) is 5.87. The molecule has 0 N–H and O–H groups in total. The van der Waals surface area contributed by atoms with Gasteiger partial charge in [0.05, 0.1) is 28.1 Å². The summed E-state index contributed by atoms with van der Waals surface area (Å²) in [4.78, 5) is 10.8. The summed E-state index contributed by atoms with van der Waals surface area (Å²) in [5.41, 5.74) is 5.53. The van der Waals surface area contributed by atoms with Crippen LogP contribution in [0.3, 0.4) is 0 Å². The monoisotopic (exact) mass is 557 g/mol. The molecule has 0 spiro atoms. The molecule has 204 valence electrons. The second kappa shape index (κ2) is 9.61. The minimum atomic E-state index is -2.44. The highest BCUT2D eigenvalue weighted by atomic mass is 28.3. The van der Waals surface area contributed by atoms with Gasteiger partial charge in [0, 0.05) is 28.1 Å². The lowest BCUT2D eigenvalue weighted by atomic mass is 10.1. The van der Waals surface area contributed by atoms with E-state index in [1.165, 1.54) is 26.7 Å². The van der Waals surface area contributed by atoms with E-state index in [0.717, 1.165) is 27.6 Å². The number of hydrogen-bond donors (Lipinski definition) is 0. The van der Waals surface area contributed by atoms with Crippen LogP contribution < -0.4 is 20.5 Å². The van der Waals surface area contributed by atoms with Crippen LogP contribution in [0.4, 0.5) is 17.1 Å². The number of hydrogen-bond acceptors (Lipinski definition) is 4. The second-order valence-corrected chi connectivity index (χ2v) is 15.9. The molecule has 0 fully saturated rings. The van der Waals surface area contributed by atoms with E-state index in [9.17, 15) is 0 Å². The number of pyridine rings is 1. The third-order valence-corrected chi connectivity index (χ3v) is 11.9. The Morgan fingerprint density at radius 2 is 1.51 bits per heavy atom. The molecule has 6 heteroatoms. The van der Waals surface area contributed by atoms with E-state index in [2.05, 4.69) is 98.2 Å². The average Bonchev–Trinajstić information content (AvgIpc) is 3.58. The van der Waals surface area contributed by atoms with Crippen molar-refractivity contribution in [3.63, 3.8) is 0 Å². The van der Waals surface area contributed by atoms with Gasteiger partial charge >= 0.3 is 0 Å². The lowest BCUT2D eigenvalue weighted by molar-refractivity contribution is 0.142. The minimum Gasteiger partial charge on any atom is -0.294 e. The first-order valence-electron chi connectivity index (χ1n) is 15.5. The molecule has 3 heterocycles. The summed E-state index contributed by atoms with van der Waals surface area (Å²) in [5, 5.41) is 7.53. The molecule has 2 aromatic heterocycles. The number of anilines is 3. The Hall–Kier alpha value is -4.39. The van der Waals surface area contributed by atoms with Gasteiger partial charge in [0.15, 0.2) is 0 Å². The Kier molecular flexibility index (Phi) is 5.23.